The molecule has 1 fully saturated rings. The normalized spacial score (nSPS) is 20.0. The molecular formula is C15H29NO5. The van der Waals surface area contributed by atoms with E-state index < -0.39 is 24.4 Å². The maximum Gasteiger partial charge on any atom is 0.407 e. The summed E-state index contributed by atoms with van der Waals surface area (Å²) in [4.78, 5) is 11.7. The molecule has 21 heavy (non-hydrogen) atoms. The number of aliphatic hydroxyl groups excluding tert-OH is 3. The molecule has 6 nitrogen and oxygen atoms in total. The van der Waals surface area contributed by atoms with Crippen LogP contribution in [0.1, 0.15) is 51.9 Å². The molecule has 0 aliphatic heterocycles. The van der Waals surface area contributed by atoms with Crippen LogP contribution in [0.2, 0.25) is 0 Å². The van der Waals surface area contributed by atoms with E-state index in [1.807, 2.05) is 0 Å². The Hall–Kier alpha value is -0.850. The van der Waals surface area contributed by atoms with Crippen molar-refractivity contribution in [2.45, 2.75) is 70.2 Å². The lowest BCUT2D eigenvalue weighted by Gasteiger charge is -2.21. The highest BCUT2D eigenvalue weighted by atomic mass is 16.6. The van der Waals surface area contributed by atoms with Crippen molar-refractivity contribution < 1.29 is 24.9 Å². The molecule has 1 saturated carbocycles. The SMILES string of the molecule is CC(O)CC(O)CC(CCO)OC(=O)NCC1CCCC1. The minimum Gasteiger partial charge on any atom is -0.446 e. The third-order valence-electron chi connectivity index (χ3n) is 3.88. The Morgan fingerprint density at radius 3 is 2.52 bits per heavy atom. The average Bonchev–Trinajstić information content (AvgIpc) is 2.88. The number of nitrogens with one attached hydrogen (secondary N) is 1. The first-order valence-electron chi connectivity index (χ1n) is 7.92. The quantitative estimate of drug-likeness (QED) is 0.512. The van der Waals surface area contributed by atoms with Gasteiger partial charge in [0.1, 0.15) is 6.10 Å². The lowest BCUT2D eigenvalue weighted by molar-refractivity contribution is 0.0229. The third-order valence-corrected chi connectivity index (χ3v) is 3.88. The molecule has 0 saturated heterocycles. The number of aliphatic hydroxyl groups is 3. The summed E-state index contributed by atoms with van der Waals surface area (Å²) < 4.78 is 5.25. The van der Waals surface area contributed by atoms with Crippen LogP contribution in [0.3, 0.4) is 0 Å². The maximum atomic E-state index is 11.7. The molecule has 1 aliphatic carbocycles. The van der Waals surface area contributed by atoms with Crippen LogP contribution < -0.4 is 5.32 Å². The number of hydrogen-bond acceptors (Lipinski definition) is 5. The number of carbonyl (C=O) groups excluding carboxylic acids is 1. The Morgan fingerprint density at radius 1 is 1.29 bits per heavy atom. The summed E-state index contributed by atoms with van der Waals surface area (Å²) in [6.45, 7) is 2.11. The molecule has 1 rings (SSSR count). The van der Waals surface area contributed by atoms with Crippen LogP contribution in [0.25, 0.3) is 0 Å². The number of rotatable bonds is 9. The van der Waals surface area contributed by atoms with E-state index in [0.29, 0.717) is 12.5 Å². The average molecular weight is 303 g/mol. The second-order valence-corrected chi connectivity index (χ2v) is 6.05. The first-order valence-corrected chi connectivity index (χ1v) is 7.92. The standard InChI is InChI=1S/C15H29NO5/c1-11(18)8-13(19)9-14(6-7-17)21-15(20)16-10-12-4-2-3-5-12/h11-14,17-19H,2-10H2,1H3,(H,16,20). The van der Waals surface area contributed by atoms with Crippen LogP contribution in [0.4, 0.5) is 4.79 Å². The smallest absolute Gasteiger partial charge is 0.407 e. The molecule has 3 atom stereocenters. The van der Waals surface area contributed by atoms with E-state index in [9.17, 15) is 15.0 Å². The maximum absolute atomic E-state index is 11.7. The van der Waals surface area contributed by atoms with Crippen molar-refractivity contribution >= 4 is 6.09 Å². The van der Waals surface area contributed by atoms with Gasteiger partial charge in [0.25, 0.3) is 0 Å². The van der Waals surface area contributed by atoms with Gasteiger partial charge in [-0.15, -0.1) is 0 Å². The van der Waals surface area contributed by atoms with Crippen molar-refractivity contribution in [2.24, 2.45) is 5.92 Å². The van der Waals surface area contributed by atoms with Gasteiger partial charge < -0.3 is 25.4 Å². The van der Waals surface area contributed by atoms with E-state index in [2.05, 4.69) is 5.32 Å². The summed E-state index contributed by atoms with van der Waals surface area (Å²) in [6, 6.07) is 0. The van der Waals surface area contributed by atoms with Gasteiger partial charge in [-0.3, -0.25) is 0 Å². The molecular weight excluding hydrogens is 274 g/mol. The monoisotopic (exact) mass is 303 g/mol. The Balaban J connectivity index is 2.28. The number of amides is 1. The van der Waals surface area contributed by atoms with Gasteiger partial charge in [-0.1, -0.05) is 12.8 Å². The van der Waals surface area contributed by atoms with Crippen LogP contribution in [0.15, 0.2) is 0 Å². The van der Waals surface area contributed by atoms with Crippen molar-refractivity contribution in [1.82, 2.24) is 5.32 Å². The predicted octanol–water partition coefficient (Wildman–Crippen LogP) is 1.18. The lowest BCUT2D eigenvalue weighted by Crippen LogP contribution is -2.34. The minimum atomic E-state index is -0.746. The van der Waals surface area contributed by atoms with Crippen LogP contribution in [-0.2, 0) is 4.74 Å². The lowest BCUT2D eigenvalue weighted by atomic mass is 10.0. The van der Waals surface area contributed by atoms with Crippen molar-refractivity contribution in [1.29, 1.82) is 0 Å². The van der Waals surface area contributed by atoms with Gasteiger partial charge in [0.2, 0.25) is 0 Å². The zero-order valence-electron chi connectivity index (χ0n) is 12.8. The molecule has 0 aromatic heterocycles. The fourth-order valence-electron chi connectivity index (χ4n) is 2.80. The molecule has 0 aromatic rings. The minimum absolute atomic E-state index is 0.109. The zero-order valence-corrected chi connectivity index (χ0v) is 12.8. The van der Waals surface area contributed by atoms with Gasteiger partial charge in [-0.25, -0.2) is 4.79 Å². The molecule has 0 bridgehead atoms. The zero-order chi connectivity index (χ0) is 15.7. The Morgan fingerprint density at radius 2 is 1.95 bits per heavy atom. The Bertz CT molecular complexity index is 292. The van der Waals surface area contributed by atoms with E-state index in [1.165, 1.54) is 12.8 Å². The Labute approximate surface area is 126 Å². The van der Waals surface area contributed by atoms with Crippen LogP contribution >= 0.6 is 0 Å². The van der Waals surface area contributed by atoms with Gasteiger partial charge in [-0.2, -0.15) is 0 Å². The second-order valence-electron chi connectivity index (χ2n) is 6.05. The number of alkyl carbamates (subject to hydrolysis) is 1. The van der Waals surface area contributed by atoms with Gasteiger partial charge in [0.15, 0.2) is 0 Å². The van der Waals surface area contributed by atoms with Gasteiger partial charge >= 0.3 is 6.09 Å². The molecule has 3 unspecified atom stereocenters. The summed E-state index contributed by atoms with van der Waals surface area (Å²) in [7, 11) is 0. The van der Waals surface area contributed by atoms with Crippen molar-refractivity contribution in [3.05, 3.63) is 0 Å². The third kappa shape index (κ3) is 8.24. The Kier molecular flexibility index (Phi) is 8.64. The fourth-order valence-corrected chi connectivity index (χ4v) is 2.80. The summed E-state index contributed by atoms with van der Waals surface area (Å²) >= 11 is 0. The molecule has 0 radical (unpaired) electrons. The molecule has 4 N–H and O–H groups in total. The molecule has 1 amide bonds. The van der Waals surface area contributed by atoms with E-state index in [-0.39, 0.29) is 25.9 Å². The first-order chi connectivity index (χ1) is 10.0. The molecule has 0 spiro atoms. The highest BCUT2D eigenvalue weighted by Gasteiger charge is 2.21. The fraction of sp³-hybridized carbons (Fsp3) is 0.933. The first kappa shape index (κ1) is 18.2. The van der Waals surface area contributed by atoms with E-state index in [0.717, 1.165) is 12.8 Å². The second kappa shape index (κ2) is 9.97. The highest BCUT2D eigenvalue weighted by Crippen LogP contribution is 2.23. The topological polar surface area (TPSA) is 99.0 Å². The van der Waals surface area contributed by atoms with Crippen LogP contribution in [0.5, 0.6) is 0 Å². The van der Waals surface area contributed by atoms with E-state index in [4.69, 9.17) is 9.84 Å². The van der Waals surface area contributed by atoms with E-state index >= 15 is 0 Å². The van der Waals surface area contributed by atoms with E-state index in [1.54, 1.807) is 6.92 Å². The van der Waals surface area contributed by atoms with Gasteiger partial charge in [0, 0.05) is 26.0 Å². The van der Waals surface area contributed by atoms with Gasteiger partial charge in [-0.05, 0) is 32.1 Å². The van der Waals surface area contributed by atoms with Crippen LogP contribution in [0, 0.1) is 5.92 Å². The number of carbonyl (C=O) groups is 1. The van der Waals surface area contributed by atoms with Gasteiger partial charge in [0.05, 0.1) is 12.2 Å². The van der Waals surface area contributed by atoms with Crippen molar-refractivity contribution in [3.63, 3.8) is 0 Å². The summed E-state index contributed by atoms with van der Waals surface area (Å²) in [5.41, 5.74) is 0. The predicted molar refractivity (Wildman–Crippen MR) is 78.9 cm³/mol. The highest BCUT2D eigenvalue weighted by molar-refractivity contribution is 5.67. The molecule has 124 valence electrons. The number of hydrogen-bond donors (Lipinski definition) is 4. The summed E-state index contributed by atoms with van der Waals surface area (Å²) in [5, 5.41) is 30.8. The largest absolute Gasteiger partial charge is 0.446 e. The summed E-state index contributed by atoms with van der Waals surface area (Å²) in [5.74, 6) is 0.537. The number of ether oxygens (including phenoxy) is 1. The summed E-state index contributed by atoms with van der Waals surface area (Å²) in [6.07, 6.45) is 3.10. The molecule has 1 aliphatic rings. The van der Waals surface area contributed by atoms with Crippen molar-refractivity contribution in [2.75, 3.05) is 13.2 Å². The van der Waals surface area contributed by atoms with Crippen LogP contribution in [-0.4, -0.2) is 52.9 Å². The molecule has 6 heteroatoms. The molecule has 0 aromatic carbocycles. The van der Waals surface area contributed by atoms with Crippen molar-refractivity contribution in [3.8, 4) is 0 Å². The molecule has 0 heterocycles.